The Balaban J connectivity index is 1.49. The summed E-state index contributed by atoms with van der Waals surface area (Å²) in [7, 11) is 0. The molecule has 2 unspecified atom stereocenters. The van der Waals surface area contributed by atoms with Gasteiger partial charge >= 0.3 is 0 Å². The summed E-state index contributed by atoms with van der Waals surface area (Å²) in [5, 5.41) is 9.80. The minimum atomic E-state index is -0.386. The molecular formula is C19H22ClN3O3S. The van der Waals surface area contributed by atoms with E-state index < -0.39 is 0 Å². The summed E-state index contributed by atoms with van der Waals surface area (Å²) in [6.07, 6.45) is 2.22. The summed E-state index contributed by atoms with van der Waals surface area (Å²) in [5.41, 5.74) is 1.06. The molecule has 0 spiro atoms. The van der Waals surface area contributed by atoms with Crippen LogP contribution in [-0.4, -0.2) is 28.0 Å². The van der Waals surface area contributed by atoms with Gasteiger partial charge in [-0.1, -0.05) is 28.9 Å². The fourth-order valence-electron chi connectivity index (χ4n) is 2.72. The maximum Gasteiger partial charge on any atom is 0.238 e. The number of thioether (sulfide) groups is 1. The van der Waals surface area contributed by atoms with Crippen LogP contribution in [0.3, 0.4) is 0 Å². The number of halogens is 1. The number of rotatable bonds is 8. The average Bonchev–Trinajstić information content (AvgIpc) is 3.40. The number of anilines is 1. The highest BCUT2D eigenvalue weighted by Crippen LogP contribution is 2.41. The SMILES string of the molecule is Cc1cc(NC(=O)C(C)SCC(=O)NC(c2ccc(Cl)cc2)C2CC2)no1. The summed E-state index contributed by atoms with van der Waals surface area (Å²) >= 11 is 7.24. The van der Waals surface area contributed by atoms with Crippen molar-refractivity contribution in [3.8, 4) is 0 Å². The third-order valence-corrected chi connectivity index (χ3v) is 5.75. The molecule has 8 heteroatoms. The Morgan fingerprint density at radius 2 is 2.04 bits per heavy atom. The summed E-state index contributed by atoms with van der Waals surface area (Å²) in [6.45, 7) is 3.51. The maximum atomic E-state index is 12.4. The fraction of sp³-hybridized carbons (Fsp3) is 0.421. The Morgan fingerprint density at radius 3 is 2.63 bits per heavy atom. The maximum absolute atomic E-state index is 12.4. The van der Waals surface area contributed by atoms with Crippen molar-refractivity contribution in [2.24, 2.45) is 5.92 Å². The molecule has 27 heavy (non-hydrogen) atoms. The Hall–Kier alpha value is -1.99. The van der Waals surface area contributed by atoms with E-state index in [1.807, 2.05) is 24.3 Å². The number of carbonyl (C=O) groups excluding carboxylic acids is 2. The number of aryl methyl sites for hydroxylation is 1. The minimum absolute atomic E-state index is 0.00222. The predicted molar refractivity (Wildman–Crippen MR) is 107 cm³/mol. The zero-order chi connectivity index (χ0) is 19.4. The molecule has 2 amide bonds. The average molecular weight is 408 g/mol. The second-order valence-corrected chi connectivity index (χ2v) is 8.47. The zero-order valence-corrected chi connectivity index (χ0v) is 16.8. The molecule has 1 aliphatic rings. The molecule has 1 aromatic heterocycles. The van der Waals surface area contributed by atoms with E-state index in [1.165, 1.54) is 11.8 Å². The number of hydrogen-bond donors (Lipinski definition) is 2. The van der Waals surface area contributed by atoms with Crippen LogP contribution in [0.15, 0.2) is 34.9 Å². The van der Waals surface area contributed by atoms with Crippen molar-refractivity contribution in [2.45, 2.75) is 38.0 Å². The van der Waals surface area contributed by atoms with Crippen molar-refractivity contribution in [3.63, 3.8) is 0 Å². The van der Waals surface area contributed by atoms with Gasteiger partial charge in [0.1, 0.15) is 5.76 Å². The number of carbonyl (C=O) groups is 2. The smallest absolute Gasteiger partial charge is 0.238 e. The van der Waals surface area contributed by atoms with E-state index in [4.69, 9.17) is 16.1 Å². The summed E-state index contributed by atoms with van der Waals surface area (Å²) in [4.78, 5) is 24.6. The van der Waals surface area contributed by atoms with Crippen LogP contribution < -0.4 is 10.6 Å². The van der Waals surface area contributed by atoms with Gasteiger partial charge in [0.2, 0.25) is 11.8 Å². The Bertz CT molecular complexity index is 805. The molecule has 1 saturated carbocycles. The van der Waals surface area contributed by atoms with Gasteiger partial charge in [-0.15, -0.1) is 11.8 Å². The second kappa shape index (κ2) is 8.80. The lowest BCUT2D eigenvalue weighted by molar-refractivity contribution is -0.119. The predicted octanol–water partition coefficient (Wildman–Crippen LogP) is 3.96. The Labute approximate surface area is 167 Å². The lowest BCUT2D eigenvalue weighted by Gasteiger charge is -2.19. The largest absolute Gasteiger partial charge is 0.360 e. The van der Waals surface area contributed by atoms with Gasteiger partial charge in [0.25, 0.3) is 0 Å². The first-order chi connectivity index (χ1) is 12.9. The van der Waals surface area contributed by atoms with E-state index >= 15 is 0 Å². The van der Waals surface area contributed by atoms with Crippen LogP contribution in [0.25, 0.3) is 0 Å². The number of hydrogen-bond acceptors (Lipinski definition) is 5. The van der Waals surface area contributed by atoms with Crippen molar-refractivity contribution in [2.75, 3.05) is 11.1 Å². The number of aromatic nitrogens is 1. The second-order valence-electron chi connectivity index (χ2n) is 6.70. The molecule has 2 N–H and O–H groups in total. The Morgan fingerprint density at radius 1 is 1.33 bits per heavy atom. The number of nitrogens with zero attached hydrogens (tertiary/aromatic N) is 1. The quantitative estimate of drug-likeness (QED) is 0.691. The highest BCUT2D eigenvalue weighted by molar-refractivity contribution is 8.01. The van der Waals surface area contributed by atoms with Crippen LogP contribution in [0, 0.1) is 12.8 Å². The van der Waals surface area contributed by atoms with E-state index in [0.29, 0.717) is 22.5 Å². The highest BCUT2D eigenvalue weighted by atomic mass is 35.5. The lowest BCUT2D eigenvalue weighted by Crippen LogP contribution is -2.32. The number of amides is 2. The normalized spacial score (nSPS) is 15.8. The van der Waals surface area contributed by atoms with Crippen molar-refractivity contribution in [3.05, 3.63) is 46.7 Å². The van der Waals surface area contributed by atoms with E-state index in [2.05, 4.69) is 15.8 Å². The summed E-state index contributed by atoms with van der Waals surface area (Å²) in [5.74, 6) is 1.39. The van der Waals surface area contributed by atoms with Crippen LogP contribution in [0.4, 0.5) is 5.82 Å². The van der Waals surface area contributed by atoms with Crippen LogP contribution >= 0.6 is 23.4 Å². The molecule has 0 bridgehead atoms. The van der Waals surface area contributed by atoms with E-state index in [0.717, 1.165) is 18.4 Å². The van der Waals surface area contributed by atoms with Gasteiger partial charge < -0.3 is 15.2 Å². The molecule has 6 nitrogen and oxygen atoms in total. The van der Waals surface area contributed by atoms with E-state index in [-0.39, 0.29) is 28.9 Å². The first-order valence-electron chi connectivity index (χ1n) is 8.83. The van der Waals surface area contributed by atoms with Gasteiger partial charge in [0.15, 0.2) is 5.82 Å². The van der Waals surface area contributed by atoms with Gasteiger partial charge in [0, 0.05) is 11.1 Å². The topological polar surface area (TPSA) is 84.2 Å². The van der Waals surface area contributed by atoms with Crippen LogP contribution in [0.2, 0.25) is 5.02 Å². The van der Waals surface area contributed by atoms with Crippen molar-refractivity contribution in [1.82, 2.24) is 10.5 Å². The van der Waals surface area contributed by atoms with Crippen molar-refractivity contribution in [1.29, 1.82) is 0 Å². The summed E-state index contributed by atoms with van der Waals surface area (Å²) < 4.78 is 4.92. The molecule has 3 rings (SSSR count). The molecule has 1 heterocycles. The molecule has 0 saturated heterocycles. The highest BCUT2D eigenvalue weighted by Gasteiger charge is 2.33. The zero-order valence-electron chi connectivity index (χ0n) is 15.2. The van der Waals surface area contributed by atoms with E-state index in [1.54, 1.807) is 19.9 Å². The molecular weight excluding hydrogens is 386 g/mol. The van der Waals surface area contributed by atoms with Crippen molar-refractivity contribution < 1.29 is 14.1 Å². The van der Waals surface area contributed by atoms with Crippen LogP contribution in [0.5, 0.6) is 0 Å². The fourth-order valence-corrected chi connectivity index (χ4v) is 3.54. The van der Waals surface area contributed by atoms with Crippen LogP contribution in [0.1, 0.15) is 37.1 Å². The Kier molecular flexibility index (Phi) is 6.44. The monoisotopic (exact) mass is 407 g/mol. The molecule has 1 aliphatic carbocycles. The molecule has 144 valence electrons. The van der Waals surface area contributed by atoms with Gasteiger partial charge in [-0.2, -0.15) is 0 Å². The lowest BCUT2D eigenvalue weighted by atomic mass is 10.0. The van der Waals surface area contributed by atoms with Crippen molar-refractivity contribution >= 4 is 41.0 Å². The minimum Gasteiger partial charge on any atom is -0.360 e. The molecule has 1 aromatic carbocycles. The van der Waals surface area contributed by atoms with E-state index in [9.17, 15) is 9.59 Å². The van der Waals surface area contributed by atoms with Gasteiger partial charge in [-0.3, -0.25) is 9.59 Å². The molecule has 2 aromatic rings. The number of nitrogens with one attached hydrogen (secondary N) is 2. The van der Waals surface area contributed by atoms with Gasteiger partial charge in [-0.25, -0.2) is 0 Å². The molecule has 0 radical (unpaired) electrons. The third kappa shape index (κ3) is 5.74. The van der Waals surface area contributed by atoms with Crippen LogP contribution in [-0.2, 0) is 9.59 Å². The molecule has 0 aliphatic heterocycles. The standard InChI is InChI=1S/C19H22ClN3O3S/c1-11-9-16(23-26-11)21-19(25)12(2)27-10-17(24)22-18(13-3-4-13)14-5-7-15(20)8-6-14/h5-9,12-13,18H,3-4,10H2,1-2H3,(H,22,24)(H,21,23,25). The van der Waals surface area contributed by atoms with Gasteiger partial charge in [-0.05, 0) is 50.3 Å². The van der Waals surface area contributed by atoms with Gasteiger partial charge in [0.05, 0.1) is 17.0 Å². The first kappa shape index (κ1) is 19.8. The molecule has 2 atom stereocenters. The third-order valence-electron chi connectivity index (χ3n) is 4.35. The summed E-state index contributed by atoms with van der Waals surface area (Å²) in [6, 6.07) is 9.23. The first-order valence-corrected chi connectivity index (χ1v) is 10.3. The molecule has 1 fully saturated rings. The number of benzene rings is 1.